The molecule has 1 N–H and O–H groups in total. The Hall–Kier alpha value is -3.72. The van der Waals surface area contributed by atoms with Gasteiger partial charge in [-0.25, -0.2) is 8.42 Å². The minimum absolute atomic E-state index is 0.0108. The van der Waals surface area contributed by atoms with Crippen LogP contribution >= 0.6 is 0 Å². The van der Waals surface area contributed by atoms with Crippen LogP contribution in [0.5, 0.6) is 0 Å². The number of nitrogens with zero attached hydrogens (tertiary/aromatic N) is 2. The van der Waals surface area contributed by atoms with E-state index in [4.69, 9.17) is 0 Å². The molecule has 0 aliphatic carbocycles. The number of anilines is 1. The number of aryl methyl sites for hydroxylation is 1. The van der Waals surface area contributed by atoms with Crippen molar-refractivity contribution < 1.29 is 18.1 Å². The van der Waals surface area contributed by atoms with E-state index in [-0.39, 0.29) is 16.3 Å². The molecule has 0 aliphatic heterocycles. The van der Waals surface area contributed by atoms with Gasteiger partial charge in [0.25, 0.3) is 15.7 Å². The average molecular weight is 454 g/mol. The van der Waals surface area contributed by atoms with Crippen LogP contribution in [0.1, 0.15) is 12.0 Å². The summed E-state index contributed by atoms with van der Waals surface area (Å²) in [5.41, 5.74) is 0.924. The topological polar surface area (TPSA) is 110 Å². The van der Waals surface area contributed by atoms with Gasteiger partial charge in [-0.2, -0.15) is 0 Å². The molecule has 3 aromatic rings. The van der Waals surface area contributed by atoms with Crippen molar-refractivity contribution in [3.05, 3.63) is 101 Å². The van der Waals surface area contributed by atoms with Crippen LogP contribution in [0.25, 0.3) is 0 Å². The molecular formula is C23H23N3O5S. The number of carbonyl (C=O) groups is 1. The Labute approximate surface area is 186 Å². The van der Waals surface area contributed by atoms with Crippen LogP contribution in [0, 0.1) is 10.1 Å². The molecule has 0 heterocycles. The van der Waals surface area contributed by atoms with Crippen molar-refractivity contribution in [1.29, 1.82) is 0 Å². The lowest BCUT2D eigenvalue weighted by molar-refractivity contribution is -0.384. The summed E-state index contributed by atoms with van der Waals surface area (Å²) >= 11 is 0. The molecule has 0 aromatic heterocycles. The number of sulfonamides is 1. The van der Waals surface area contributed by atoms with E-state index in [9.17, 15) is 23.3 Å². The first kappa shape index (κ1) is 23.0. The number of benzene rings is 3. The van der Waals surface area contributed by atoms with Gasteiger partial charge in [-0.1, -0.05) is 54.6 Å². The summed E-state index contributed by atoms with van der Waals surface area (Å²) < 4.78 is 27.4. The molecule has 0 aliphatic rings. The first-order valence-corrected chi connectivity index (χ1v) is 11.4. The summed E-state index contributed by atoms with van der Waals surface area (Å²) in [6.45, 7) is -0.119. The molecule has 32 heavy (non-hydrogen) atoms. The molecule has 0 saturated carbocycles. The SMILES string of the molecule is O=C(CN(c1cccc([N+](=O)[O-])c1)S(=O)(=O)c1ccccc1)NCCCc1ccccc1. The van der Waals surface area contributed by atoms with Crippen molar-refractivity contribution in [2.45, 2.75) is 17.7 Å². The Morgan fingerprint density at radius 3 is 2.25 bits per heavy atom. The Morgan fingerprint density at radius 2 is 1.59 bits per heavy atom. The number of amides is 1. The number of nitrogens with one attached hydrogen (secondary N) is 1. The van der Waals surface area contributed by atoms with E-state index in [1.807, 2.05) is 30.3 Å². The van der Waals surface area contributed by atoms with Gasteiger partial charge in [-0.15, -0.1) is 0 Å². The summed E-state index contributed by atoms with van der Waals surface area (Å²) in [7, 11) is -4.12. The van der Waals surface area contributed by atoms with Crippen molar-refractivity contribution in [1.82, 2.24) is 5.32 Å². The van der Waals surface area contributed by atoms with E-state index in [0.29, 0.717) is 13.0 Å². The highest BCUT2D eigenvalue weighted by molar-refractivity contribution is 7.92. The zero-order chi connectivity index (χ0) is 23.0. The lowest BCUT2D eigenvalue weighted by Crippen LogP contribution is -2.41. The number of hydrogen-bond donors (Lipinski definition) is 1. The van der Waals surface area contributed by atoms with Crippen LogP contribution in [-0.2, 0) is 21.2 Å². The largest absolute Gasteiger partial charge is 0.355 e. The third kappa shape index (κ3) is 5.92. The summed E-state index contributed by atoms with van der Waals surface area (Å²) in [4.78, 5) is 23.1. The summed E-state index contributed by atoms with van der Waals surface area (Å²) in [6, 6.07) is 22.7. The van der Waals surface area contributed by atoms with Crippen LogP contribution < -0.4 is 9.62 Å². The normalized spacial score (nSPS) is 11.0. The maximum atomic E-state index is 13.2. The summed E-state index contributed by atoms with van der Waals surface area (Å²) in [5, 5.41) is 13.9. The van der Waals surface area contributed by atoms with Crippen molar-refractivity contribution in [2.24, 2.45) is 0 Å². The van der Waals surface area contributed by atoms with E-state index in [1.54, 1.807) is 18.2 Å². The zero-order valence-corrected chi connectivity index (χ0v) is 18.1. The summed E-state index contributed by atoms with van der Waals surface area (Å²) in [5.74, 6) is -0.496. The highest BCUT2D eigenvalue weighted by atomic mass is 32.2. The fraction of sp³-hybridized carbons (Fsp3) is 0.174. The molecule has 0 unspecified atom stereocenters. The molecule has 0 radical (unpaired) electrons. The van der Waals surface area contributed by atoms with Crippen molar-refractivity contribution in [3.8, 4) is 0 Å². The minimum Gasteiger partial charge on any atom is -0.355 e. The smallest absolute Gasteiger partial charge is 0.271 e. The van der Waals surface area contributed by atoms with Gasteiger partial charge in [0.1, 0.15) is 6.54 Å². The number of nitro groups is 1. The second kappa shape index (κ2) is 10.5. The van der Waals surface area contributed by atoms with Crippen molar-refractivity contribution >= 4 is 27.3 Å². The molecule has 0 saturated heterocycles. The van der Waals surface area contributed by atoms with E-state index in [0.717, 1.165) is 22.4 Å². The molecule has 0 bridgehead atoms. The second-order valence-corrected chi connectivity index (χ2v) is 8.90. The predicted molar refractivity (Wildman–Crippen MR) is 122 cm³/mol. The number of carbonyl (C=O) groups excluding carboxylic acids is 1. The van der Waals surface area contributed by atoms with Gasteiger partial charge in [0, 0.05) is 18.7 Å². The maximum Gasteiger partial charge on any atom is 0.271 e. The predicted octanol–water partition coefficient (Wildman–Crippen LogP) is 3.54. The fourth-order valence-corrected chi connectivity index (χ4v) is 4.58. The average Bonchev–Trinajstić information content (AvgIpc) is 2.81. The Balaban J connectivity index is 1.76. The first-order valence-electron chi connectivity index (χ1n) is 10.0. The van der Waals surface area contributed by atoms with Gasteiger partial charge in [-0.05, 0) is 36.6 Å². The molecule has 3 aromatic carbocycles. The van der Waals surface area contributed by atoms with Gasteiger partial charge < -0.3 is 5.32 Å². The highest BCUT2D eigenvalue weighted by Crippen LogP contribution is 2.26. The molecule has 1 amide bonds. The Kier molecular flexibility index (Phi) is 7.56. The van der Waals surface area contributed by atoms with Crippen LogP contribution in [0.3, 0.4) is 0 Å². The number of rotatable bonds is 10. The van der Waals surface area contributed by atoms with Gasteiger partial charge in [0.2, 0.25) is 5.91 Å². The molecule has 8 nitrogen and oxygen atoms in total. The Bertz CT molecular complexity index is 1170. The van der Waals surface area contributed by atoms with E-state index < -0.39 is 27.4 Å². The van der Waals surface area contributed by atoms with Gasteiger partial charge in [-0.3, -0.25) is 19.2 Å². The standard InChI is InChI=1S/C23H23N3O5S/c27-23(24-16-8-11-19-9-3-1-4-10-19)18-25(20-12-7-13-21(17-20)26(28)29)32(30,31)22-14-5-2-6-15-22/h1-7,9-10,12-15,17H,8,11,16,18H2,(H,24,27). The molecule has 0 atom stereocenters. The monoisotopic (exact) mass is 453 g/mol. The third-order valence-electron chi connectivity index (χ3n) is 4.75. The molecule has 3 rings (SSSR count). The van der Waals surface area contributed by atoms with Crippen LogP contribution in [-0.4, -0.2) is 32.3 Å². The van der Waals surface area contributed by atoms with E-state index >= 15 is 0 Å². The van der Waals surface area contributed by atoms with Gasteiger partial charge in [0.15, 0.2) is 0 Å². The van der Waals surface area contributed by atoms with Crippen molar-refractivity contribution in [2.75, 3.05) is 17.4 Å². The fourth-order valence-electron chi connectivity index (χ4n) is 3.15. The third-order valence-corrected chi connectivity index (χ3v) is 6.54. The first-order chi connectivity index (χ1) is 15.4. The number of non-ortho nitro benzene ring substituents is 1. The molecule has 0 fully saturated rings. The quantitative estimate of drug-likeness (QED) is 0.287. The zero-order valence-electron chi connectivity index (χ0n) is 17.3. The number of hydrogen-bond acceptors (Lipinski definition) is 5. The molecule has 9 heteroatoms. The molecular weight excluding hydrogens is 430 g/mol. The Morgan fingerprint density at radius 1 is 0.938 bits per heavy atom. The highest BCUT2D eigenvalue weighted by Gasteiger charge is 2.28. The number of nitro benzene ring substituents is 1. The maximum absolute atomic E-state index is 13.2. The van der Waals surface area contributed by atoms with Crippen LogP contribution in [0.4, 0.5) is 11.4 Å². The van der Waals surface area contributed by atoms with Crippen molar-refractivity contribution in [3.63, 3.8) is 0 Å². The van der Waals surface area contributed by atoms with E-state index in [2.05, 4.69) is 5.32 Å². The lowest BCUT2D eigenvalue weighted by Gasteiger charge is -2.24. The second-order valence-electron chi connectivity index (χ2n) is 7.04. The summed E-state index contributed by atoms with van der Waals surface area (Å²) in [6.07, 6.45) is 1.47. The molecule has 166 valence electrons. The van der Waals surface area contributed by atoms with Gasteiger partial charge >= 0.3 is 0 Å². The minimum atomic E-state index is -4.12. The van der Waals surface area contributed by atoms with Crippen LogP contribution in [0.15, 0.2) is 89.8 Å². The van der Waals surface area contributed by atoms with E-state index in [1.165, 1.54) is 30.3 Å². The lowest BCUT2D eigenvalue weighted by atomic mass is 10.1. The van der Waals surface area contributed by atoms with Gasteiger partial charge in [0.05, 0.1) is 15.5 Å². The van der Waals surface area contributed by atoms with Crippen LogP contribution in [0.2, 0.25) is 0 Å². The molecule has 0 spiro atoms.